The van der Waals surface area contributed by atoms with Crippen molar-refractivity contribution < 1.29 is 17.9 Å². The Morgan fingerprint density at radius 2 is 1.65 bits per heavy atom. The van der Waals surface area contributed by atoms with Gasteiger partial charge in [0.25, 0.3) is 0 Å². The number of sulfone groups is 1. The minimum atomic E-state index is -2.89. The van der Waals surface area contributed by atoms with E-state index < -0.39 is 9.84 Å². The van der Waals surface area contributed by atoms with Crippen LogP contribution in [0.15, 0.2) is 35.5 Å². The lowest BCUT2D eigenvalue weighted by Crippen LogP contribution is -2.68. The molecule has 0 bridgehead atoms. The lowest BCUT2D eigenvalue weighted by Gasteiger charge is -2.72. The van der Waals surface area contributed by atoms with Gasteiger partial charge in [-0.05, 0) is 139 Å². The zero-order chi connectivity index (χ0) is 36.6. The Labute approximate surface area is 307 Å². The third-order valence-corrected chi connectivity index (χ3v) is 18.4. The Bertz CT molecular complexity index is 1640. The molecule has 0 spiro atoms. The fraction of sp³-hybridized carbons (Fsp3) is 0.786. The quantitative estimate of drug-likeness (QED) is 0.216. The smallest absolute Gasteiger partial charge is 0.337 e. The van der Waals surface area contributed by atoms with Crippen molar-refractivity contribution in [1.82, 2.24) is 10.2 Å². The summed E-state index contributed by atoms with van der Waals surface area (Å²) in [6, 6.07) is 7.84. The maximum Gasteiger partial charge on any atom is 0.337 e. The highest BCUT2D eigenvalue weighted by molar-refractivity contribution is 7.91. The maximum atomic E-state index is 12.2. The van der Waals surface area contributed by atoms with Crippen LogP contribution in [0.1, 0.15) is 115 Å². The summed E-state index contributed by atoms with van der Waals surface area (Å²) in [6.45, 7) is 17.9. The maximum absolute atomic E-state index is 12.2. The molecule has 5 fully saturated rings. The number of carbonyl (C=O) groups is 1. The molecule has 0 radical (unpaired) electrons. The topological polar surface area (TPSA) is 105 Å². The van der Waals surface area contributed by atoms with E-state index in [-0.39, 0.29) is 50.7 Å². The number of fused-ring (bicyclic) bond motifs is 7. The Balaban J connectivity index is 1.15. The zero-order valence-corrected chi connectivity index (χ0v) is 33.1. The van der Waals surface area contributed by atoms with Crippen LogP contribution in [0.5, 0.6) is 0 Å². The second-order valence-corrected chi connectivity index (χ2v) is 21.2. The molecule has 1 saturated heterocycles. The van der Waals surface area contributed by atoms with Gasteiger partial charge in [-0.2, -0.15) is 4.91 Å². The number of hydrogen-bond donors (Lipinski definition) is 1. The summed E-state index contributed by atoms with van der Waals surface area (Å²) in [5.74, 6) is 2.71. The fourth-order valence-corrected chi connectivity index (χ4v) is 15.3. The molecule has 8 nitrogen and oxygen atoms in total. The molecule has 9 heteroatoms. The standard InChI is InChI=1S/C42H63N3O5S/c1-28(44-47)31-14-19-42(43-22-23-45-24-26-51(48,49)27-25-45)21-20-40(5)33(36(31)42)12-13-35-39(4)17-15-32(29-8-10-30(11-9-29)37(46)50-7)38(2,3)34(39)16-18-41(35,40)6/h8-11,15,28,31,33-36,43H,12-14,16-27H2,1-7H3/t28?,31-,33+,34-,35+,36+,39-,40+,41+,42-/m0/s1. The highest BCUT2D eigenvalue weighted by Gasteiger charge is 2.70. The Kier molecular flexibility index (Phi) is 9.52. The number of hydrogen-bond acceptors (Lipinski definition) is 8. The number of nitroso groups, excluding NO2 is 1. The van der Waals surface area contributed by atoms with Crippen molar-refractivity contribution in [3.63, 3.8) is 0 Å². The second kappa shape index (κ2) is 13.0. The van der Waals surface area contributed by atoms with Crippen molar-refractivity contribution in [2.24, 2.45) is 56.4 Å². The molecule has 1 unspecified atom stereocenters. The average Bonchev–Trinajstić information content (AvgIpc) is 3.48. The summed E-state index contributed by atoms with van der Waals surface area (Å²) >= 11 is 0. The number of esters is 1. The molecule has 5 aliphatic carbocycles. The van der Waals surface area contributed by atoms with E-state index in [1.54, 1.807) is 0 Å². The molecular weight excluding hydrogens is 659 g/mol. The number of benzene rings is 1. The molecule has 10 atom stereocenters. The summed E-state index contributed by atoms with van der Waals surface area (Å²) in [7, 11) is -1.46. The van der Waals surface area contributed by atoms with Crippen LogP contribution in [0.2, 0.25) is 0 Å². The predicted octanol–water partition coefficient (Wildman–Crippen LogP) is 7.78. The van der Waals surface area contributed by atoms with E-state index >= 15 is 0 Å². The normalized spacial score (nSPS) is 41.9. The molecule has 282 valence electrons. The number of allylic oxidation sites excluding steroid dienone is 2. The first-order valence-corrected chi connectivity index (χ1v) is 21.8. The van der Waals surface area contributed by atoms with Crippen LogP contribution in [0.4, 0.5) is 0 Å². The zero-order valence-electron chi connectivity index (χ0n) is 32.3. The van der Waals surface area contributed by atoms with E-state index in [2.05, 4.69) is 75.1 Å². The Hall–Kier alpha value is -2.10. The molecule has 4 saturated carbocycles. The molecular formula is C42H63N3O5S. The summed E-state index contributed by atoms with van der Waals surface area (Å²) in [5, 5.41) is 7.81. The van der Waals surface area contributed by atoms with Crippen LogP contribution in [0, 0.1) is 56.2 Å². The first-order valence-electron chi connectivity index (χ1n) is 19.9. The van der Waals surface area contributed by atoms with Crippen molar-refractivity contribution in [2.45, 2.75) is 111 Å². The Morgan fingerprint density at radius 1 is 0.941 bits per heavy atom. The molecule has 6 aliphatic rings. The van der Waals surface area contributed by atoms with Crippen molar-refractivity contribution >= 4 is 21.4 Å². The highest BCUT2D eigenvalue weighted by Crippen LogP contribution is 2.76. The molecule has 1 aromatic carbocycles. The summed E-state index contributed by atoms with van der Waals surface area (Å²) in [4.78, 5) is 26.6. The van der Waals surface area contributed by atoms with Crippen molar-refractivity contribution in [3.8, 4) is 0 Å². The number of nitrogens with one attached hydrogen (secondary N) is 1. The van der Waals surface area contributed by atoms with E-state index in [9.17, 15) is 18.1 Å². The van der Waals surface area contributed by atoms with E-state index in [1.807, 2.05) is 12.1 Å². The van der Waals surface area contributed by atoms with E-state index in [4.69, 9.17) is 4.74 Å². The third kappa shape index (κ3) is 5.80. The van der Waals surface area contributed by atoms with E-state index in [1.165, 1.54) is 50.4 Å². The van der Waals surface area contributed by atoms with Gasteiger partial charge in [-0.1, -0.05) is 58.0 Å². The number of rotatable bonds is 8. The largest absolute Gasteiger partial charge is 0.465 e. The minimum Gasteiger partial charge on any atom is -0.465 e. The number of nitrogens with zero attached hydrogens (tertiary/aromatic N) is 2. The molecule has 1 aliphatic heterocycles. The van der Waals surface area contributed by atoms with Gasteiger partial charge in [-0.15, -0.1) is 0 Å². The van der Waals surface area contributed by atoms with Crippen LogP contribution in [-0.2, 0) is 14.6 Å². The van der Waals surface area contributed by atoms with E-state index in [0.29, 0.717) is 48.2 Å². The van der Waals surface area contributed by atoms with Crippen molar-refractivity contribution in [2.75, 3.05) is 44.8 Å². The van der Waals surface area contributed by atoms with E-state index in [0.717, 1.165) is 38.8 Å². The van der Waals surface area contributed by atoms with Crippen LogP contribution in [0.25, 0.3) is 5.57 Å². The SMILES string of the molecule is COC(=O)c1ccc(C2=CC[C@]3(C)[C@H]4CC[C@@H]5[C@H]6[C@H](C(C)N=O)CC[C@]6(NCCN6CCS(=O)(=O)CC6)CC[C@@]5(C)[C@]4(C)CC[C@H]3C2(C)C)cc1. The number of methoxy groups -OCH3 is 1. The molecule has 0 amide bonds. The monoisotopic (exact) mass is 721 g/mol. The molecule has 1 aromatic rings. The fourth-order valence-electron chi connectivity index (χ4n) is 14.0. The van der Waals surface area contributed by atoms with Crippen molar-refractivity contribution in [1.29, 1.82) is 0 Å². The summed E-state index contributed by atoms with van der Waals surface area (Å²) in [5.41, 5.74) is 3.83. The lowest BCUT2D eigenvalue weighted by molar-refractivity contribution is -0.220. The highest BCUT2D eigenvalue weighted by atomic mass is 32.2. The average molecular weight is 722 g/mol. The third-order valence-electron chi connectivity index (χ3n) is 16.8. The van der Waals surface area contributed by atoms with Gasteiger partial charge >= 0.3 is 5.97 Å². The Morgan fingerprint density at radius 3 is 2.31 bits per heavy atom. The minimum absolute atomic E-state index is 0.00462. The first-order chi connectivity index (χ1) is 24.1. The van der Waals surface area contributed by atoms with Crippen molar-refractivity contribution in [3.05, 3.63) is 46.4 Å². The van der Waals surface area contributed by atoms with Gasteiger partial charge in [0.05, 0.1) is 30.2 Å². The first kappa shape index (κ1) is 37.2. The molecule has 1 N–H and O–H groups in total. The predicted molar refractivity (Wildman–Crippen MR) is 204 cm³/mol. The number of carbonyl (C=O) groups excluding carboxylic acids is 1. The summed E-state index contributed by atoms with van der Waals surface area (Å²) < 4.78 is 29.0. The lowest BCUT2D eigenvalue weighted by atomic mass is 9.33. The van der Waals surface area contributed by atoms with Gasteiger partial charge in [0.2, 0.25) is 0 Å². The van der Waals surface area contributed by atoms with Crippen LogP contribution in [0.3, 0.4) is 0 Å². The second-order valence-electron chi connectivity index (χ2n) is 18.9. The van der Waals surface area contributed by atoms with Crippen LogP contribution in [-0.4, -0.2) is 75.7 Å². The molecule has 51 heavy (non-hydrogen) atoms. The van der Waals surface area contributed by atoms with Gasteiger partial charge in [0, 0.05) is 31.7 Å². The summed E-state index contributed by atoms with van der Waals surface area (Å²) in [6.07, 6.45) is 13.0. The van der Waals surface area contributed by atoms with Gasteiger partial charge in [0.1, 0.15) is 0 Å². The van der Waals surface area contributed by atoms with Gasteiger partial charge < -0.3 is 15.0 Å². The van der Waals surface area contributed by atoms with Crippen LogP contribution >= 0.6 is 0 Å². The molecule has 7 rings (SSSR count). The molecule has 0 aromatic heterocycles. The van der Waals surface area contributed by atoms with Gasteiger partial charge in [-0.3, -0.25) is 0 Å². The number of ether oxygens (including phenoxy) is 1. The van der Waals surface area contributed by atoms with Gasteiger partial charge in [0.15, 0.2) is 9.84 Å². The van der Waals surface area contributed by atoms with Crippen LogP contribution < -0.4 is 5.32 Å². The molecule has 1 heterocycles. The van der Waals surface area contributed by atoms with Gasteiger partial charge in [-0.25, -0.2) is 13.2 Å².